The van der Waals surface area contributed by atoms with Gasteiger partial charge >= 0.3 is 0 Å². The van der Waals surface area contributed by atoms with Gasteiger partial charge in [-0.2, -0.15) is 0 Å². The van der Waals surface area contributed by atoms with Crippen LogP contribution in [0.5, 0.6) is 0 Å². The van der Waals surface area contributed by atoms with E-state index in [2.05, 4.69) is 12.2 Å². The van der Waals surface area contributed by atoms with Gasteiger partial charge in [-0.3, -0.25) is 0 Å². The van der Waals surface area contributed by atoms with E-state index in [1.165, 1.54) is 6.42 Å². The Balaban J connectivity index is 2.82. The van der Waals surface area contributed by atoms with Crippen LogP contribution in [-0.2, 0) is 4.74 Å². The fraction of sp³-hybridized carbons (Fsp3) is 1.00. The van der Waals surface area contributed by atoms with Gasteiger partial charge in [-0.15, -0.1) is 0 Å². The SMILES string of the molecule is CCCCOCCNCC(C)O. The van der Waals surface area contributed by atoms with Crippen LogP contribution < -0.4 is 5.32 Å². The van der Waals surface area contributed by atoms with E-state index in [1.807, 2.05) is 0 Å². The van der Waals surface area contributed by atoms with Crippen molar-refractivity contribution in [3.8, 4) is 0 Å². The minimum atomic E-state index is -0.263. The highest BCUT2D eigenvalue weighted by Gasteiger charge is 1.93. The average Bonchev–Trinajstić information content (AvgIpc) is 2.02. The van der Waals surface area contributed by atoms with Crippen molar-refractivity contribution in [3.05, 3.63) is 0 Å². The molecule has 0 fully saturated rings. The van der Waals surface area contributed by atoms with Crippen LogP contribution >= 0.6 is 0 Å². The molecule has 2 N–H and O–H groups in total. The number of hydrogen-bond acceptors (Lipinski definition) is 3. The molecule has 74 valence electrons. The van der Waals surface area contributed by atoms with Crippen molar-refractivity contribution in [2.24, 2.45) is 0 Å². The molecule has 0 bridgehead atoms. The lowest BCUT2D eigenvalue weighted by atomic mass is 10.4. The van der Waals surface area contributed by atoms with Gasteiger partial charge in [-0.1, -0.05) is 13.3 Å². The summed E-state index contributed by atoms with van der Waals surface area (Å²) in [5, 5.41) is 12.0. The van der Waals surface area contributed by atoms with Crippen molar-refractivity contribution in [1.29, 1.82) is 0 Å². The van der Waals surface area contributed by atoms with Crippen LogP contribution in [0.2, 0.25) is 0 Å². The predicted molar refractivity (Wildman–Crippen MR) is 50.3 cm³/mol. The van der Waals surface area contributed by atoms with Gasteiger partial charge in [0.2, 0.25) is 0 Å². The molecule has 0 aromatic rings. The molecule has 0 saturated heterocycles. The summed E-state index contributed by atoms with van der Waals surface area (Å²) >= 11 is 0. The Kier molecular flexibility index (Phi) is 8.88. The maximum absolute atomic E-state index is 8.89. The molecule has 12 heavy (non-hydrogen) atoms. The van der Waals surface area contributed by atoms with Crippen LogP contribution in [0, 0.1) is 0 Å². The van der Waals surface area contributed by atoms with Crippen molar-refractivity contribution >= 4 is 0 Å². The van der Waals surface area contributed by atoms with Gasteiger partial charge in [0.25, 0.3) is 0 Å². The van der Waals surface area contributed by atoms with E-state index in [0.717, 1.165) is 26.2 Å². The third-order valence-electron chi connectivity index (χ3n) is 1.51. The zero-order valence-corrected chi connectivity index (χ0v) is 8.18. The molecule has 0 spiro atoms. The van der Waals surface area contributed by atoms with Crippen LogP contribution in [0.1, 0.15) is 26.7 Å². The van der Waals surface area contributed by atoms with E-state index in [4.69, 9.17) is 9.84 Å². The van der Waals surface area contributed by atoms with E-state index >= 15 is 0 Å². The summed E-state index contributed by atoms with van der Waals surface area (Å²) < 4.78 is 5.31. The maximum Gasteiger partial charge on any atom is 0.0636 e. The Labute approximate surface area is 75.1 Å². The summed E-state index contributed by atoms with van der Waals surface area (Å²) in [6, 6.07) is 0. The second-order valence-electron chi connectivity index (χ2n) is 3.02. The second kappa shape index (κ2) is 8.97. The van der Waals surface area contributed by atoms with Crippen LogP contribution in [0.15, 0.2) is 0 Å². The predicted octanol–water partition coefficient (Wildman–Crippen LogP) is 0.774. The Hall–Kier alpha value is -0.120. The standard InChI is InChI=1S/C9H21NO2/c1-3-4-6-12-7-5-10-8-9(2)11/h9-11H,3-8H2,1-2H3. The van der Waals surface area contributed by atoms with Gasteiger partial charge in [0.15, 0.2) is 0 Å². The Bertz CT molecular complexity index is 86.6. The summed E-state index contributed by atoms with van der Waals surface area (Å²) in [7, 11) is 0. The van der Waals surface area contributed by atoms with Crippen LogP contribution in [0.4, 0.5) is 0 Å². The molecule has 0 aliphatic carbocycles. The summed E-state index contributed by atoms with van der Waals surface area (Å²) in [6.45, 7) is 6.99. The number of aliphatic hydroxyl groups is 1. The lowest BCUT2D eigenvalue weighted by molar-refractivity contribution is 0.127. The molecule has 0 saturated carbocycles. The van der Waals surface area contributed by atoms with Crippen molar-refractivity contribution in [3.63, 3.8) is 0 Å². The summed E-state index contributed by atoms with van der Waals surface area (Å²) in [5.41, 5.74) is 0. The lowest BCUT2D eigenvalue weighted by Crippen LogP contribution is -2.27. The monoisotopic (exact) mass is 175 g/mol. The second-order valence-corrected chi connectivity index (χ2v) is 3.02. The molecule has 0 aromatic carbocycles. The minimum absolute atomic E-state index is 0.263. The Morgan fingerprint density at radius 1 is 1.42 bits per heavy atom. The zero-order valence-electron chi connectivity index (χ0n) is 8.18. The molecule has 0 radical (unpaired) electrons. The number of ether oxygens (including phenoxy) is 1. The Morgan fingerprint density at radius 2 is 2.17 bits per heavy atom. The lowest BCUT2D eigenvalue weighted by Gasteiger charge is -2.06. The molecule has 0 rings (SSSR count). The molecule has 1 unspecified atom stereocenters. The quantitative estimate of drug-likeness (QED) is 0.535. The van der Waals surface area contributed by atoms with Crippen LogP contribution in [0.25, 0.3) is 0 Å². The van der Waals surface area contributed by atoms with Gasteiger partial charge in [-0.25, -0.2) is 0 Å². The largest absolute Gasteiger partial charge is 0.392 e. The third kappa shape index (κ3) is 9.88. The topological polar surface area (TPSA) is 41.5 Å². The molecule has 1 atom stereocenters. The number of unbranched alkanes of at least 4 members (excludes halogenated alkanes) is 1. The number of rotatable bonds is 8. The first-order chi connectivity index (χ1) is 5.77. The van der Waals surface area contributed by atoms with Gasteiger partial charge in [0.05, 0.1) is 12.7 Å². The number of aliphatic hydroxyl groups excluding tert-OH is 1. The first kappa shape index (κ1) is 11.9. The van der Waals surface area contributed by atoms with Gasteiger partial charge < -0.3 is 15.2 Å². The molecule has 0 aromatic heterocycles. The number of nitrogens with one attached hydrogen (secondary N) is 1. The molecule has 0 amide bonds. The van der Waals surface area contributed by atoms with Crippen molar-refractivity contribution < 1.29 is 9.84 Å². The first-order valence-corrected chi connectivity index (χ1v) is 4.74. The maximum atomic E-state index is 8.89. The highest BCUT2D eigenvalue weighted by atomic mass is 16.5. The first-order valence-electron chi connectivity index (χ1n) is 4.74. The van der Waals surface area contributed by atoms with Gasteiger partial charge in [-0.05, 0) is 13.3 Å². The fourth-order valence-corrected chi connectivity index (χ4v) is 0.804. The van der Waals surface area contributed by atoms with Crippen LogP contribution in [0.3, 0.4) is 0 Å². The average molecular weight is 175 g/mol. The van der Waals surface area contributed by atoms with E-state index < -0.39 is 0 Å². The van der Waals surface area contributed by atoms with Gasteiger partial charge in [0.1, 0.15) is 0 Å². The normalized spacial score (nSPS) is 13.2. The highest BCUT2D eigenvalue weighted by Crippen LogP contribution is 1.86. The van der Waals surface area contributed by atoms with Crippen molar-refractivity contribution in [2.45, 2.75) is 32.8 Å². The molecule has 3 nitrogen and oxygen atoms in total. The third-order valence-corrected chi connectivity index (χ3v) is 1.51. The summed E-state index contributed by atoms with van der Waals surface area (Å²) in [6.07, 6.45) is 2.05. The summed E-state index contributed by atoms with van der Waals surface area (Å²) in [5.74, 6) is 0. The van der Waals surface area contributed by atoms with Crippen molar-refractivity contribution in [1.82, 2.24) is 5.32 Å². The van der Waals surface area contributed by atoms with Crippen molar-refractivity contribution in [2.75, 3.05) is 26.3 Å². The van der Waals surface area contributed by atoms with Gasteiger partial charge in [0, 0.05) is 19.7 Å². The number of hydrogen-bond donors (Lipinski definition) is 2. The van der Waals surface area contributed by atoms with E-state index in [0.29, 0.717) is 6.54 Å². The minimum Gasteiger partial charge on any atom is -0.392 e. The molecule has 0 aliphatic rings. The smallest absolute Gasteiger partial charge is 0.0636 e. The molecular weight excluding hydrogens is 154 g/mol. The van der Waals surface area contributed by atoms with Crippen LogP contribution in [-0.4, -0.2) is 37.5 Å². The molecular formula is C9H21NO2. The van der Waals surface area contributed by atoms with E-state index in [-0.39, 0.29) is 6.10 Å². The highest BCUT2D eigenvalue weighted by molar-refractivity contribution is 4.51. The zero-order chi connectivity index (χ0) is 9.23. The molecule has 0 heterocycles. The van der Waals surface area contributed by atoms with E-state index in [9.17, 15) is 0 Å². The molecule has 3 heteroatoms. The fourth-order valence-electron chi connectivity index (χ4n) is 0.804. The molecule has 0 aliphatic heterocycles. The Morgan fingerprint density at radius 3 is 2.75 bits per heavy atom. The summed E-state index contributed by atoms with van der Waals surface area (Å²) in [4.78, 5) is 0. The van der Waals surface area contributed by atoms with E-state index in [1.54, 1.807) is 6.92 Å².